The van der Waals surface area contributed by atoms with Crippen molar-refractivity contribution < 1.29 is 0 Å². The van der Waals surface area contributed by atoms with Crippen molar-refractivity contribution in [2.45, 2.75) is 46.1 Å². The number of nitrogens with zero attached hydrogens (tertiary/aromatic N) is 4. The van der Waals surface area contributed by atoms with Crippen LogP contribution in [0.2, 0.25) is 0 Å². The minimum absolute atomic E-state index is 0.0248. The summed E-state index contributed by atoms with van der Waals surface area (Å²) in [5.41, 5.74) is 5.48. The zero-order valence-corrected chi connectivity index (χ0v) is 19.9. The third-order valence-corrected chi connectivity index (χ3v) is 5.50. The van der Waals surface area contributed by atoms with E-state index in [0.29, 0.717) is 11.3 Å². The van der Waals surface area contributed by atoms with Gasteiger partial charge in [-0.2, -0.15) is 10.4 Å². The smallest absolute Gasteiger partial charge is 0.270 e. The molecule has 0 saturated carbocycles. The zero-order valence-electron chi connectivity index (χ0n) is 19.9. The van der Waals surface area contributed by atoms with Gasteiger partial charge in [-0.25, -0.2) is 10.4 Å². The van der Waals surface area contributed by atoms with E-state index in [1.54, 1.807) is 6.21 Å². The number of anilines is 1. The molecule has 1 aromatic heterocycles. The number of hydrazone groups is 1. The standard InChI is InChI=1S/C27H32N6O/c1-3-5-16-33(17-6-4-2)20-22-14-12-21(13-15-22)19-29-32-27-30-25(23-10-8-7-9-11-23)24(18-28)26(34)31-27/h7-15,19H,3-6,16-17,20H2,1-2H3,(H2,30,31,32,34). The highest BCUT2D eigenvalue weighted by Gasteiger charge is 2.12. The third kappa shape index (κ3) is 7.12. The van der Waals surface area contributed by atoms with Gasteiger partial charge in [0, 0.05) is 12.1 Å². The summed E-state index contributed by atoms with van der Waals surface area (Å²) in [7, 11) is 0. The highest BCUT2D eigenvalue weighted by Crippen LogP contribution is 2.19. The first-order valence-electron chi connectivity index (χ1n) is 11.8. The van der Waals surface area contributed by atoms with Crippen molar-refractivity contribution >= 4 is 12.2 Å². The van der Waals surface area contributed by atoms with E-state index in [1.165, 1.54) is 31.2 Å². The van der Waals surface area contributed by atoms with Gasteiger partial charge in [0.1, 0.15) is 11.6 Å². The molecule has 0 bridgehead atoms. The molecule has 3 aromatic rings. The second-order valence-electron chi connectivity index (χ2n) is 8.21. The van der Waals surface area contributed by atoms with Gasteiger partial charge in [0.2, 0.25) is 5.95 Å². The number of unbranched alkanes of at least 4 members (excludes halogenated alkanes) is 2. The Bertz CT molecular complexity index is 1150. The van der Waals surface area contributed by atoms with E-state index in [4.69, 9.17) is 0 Å². The van der Waals surface area contributed by atoms with Gasteiger partial charge in [-0.3, -0.25) is 14.7 Å². The van der Waals surface area contributed by atoms with Crippen LogP contribution in [0, 0.1) is 11.3 Å². The van der Waals surface area contributed by atoms with E-state index < -0.39 is 5.56 Å². The Balaban J connectivity index is 1.67. The zero-order chi connectivity index (χ0) is 24.2. The average Bonchev–Trinajstić information content (AvgIpc) is 2.87. The summed E-state index contributed by atoms with van der Waals surface area (Å²) in [6.45, 7) is 7.67. The van der Waals surface area contributed by atoms with Gasteiger partial charge in [-0.15, -0.1) is 0 Å². The van der Waals surface area contributed by atoms with E-state index in [1.807, 2.05) is 48.5 Å². The van der Waals surface area contributed by atoms with Crippen molar-refractivity contribution in [3.63, 3.8) is 0 Å². The Morgan fingerprint density at radius 2 is 1.74 bits per heavy atom. The van der Waals surface area contributed by atoms with Gasteiger partial charge in [-0.1, -0.05) is 81.3 Å². The van der Waals surface area contributed by atoms with Gasteiger partial charge in [0.15, 0.2) is 0 Å². The fourth-order valence-corrected chi connectivity index (χ4v) is 3.60. The maximum Gasteiger partial charge on any atom is 0.270 e. The number of aromatic amines is 1. The first-order chi connectivity index (χ1) is 16.6. The summed E-state index contributed by atoms with van der Waals surface area (Å²) in [5, 5.41) is 13.6. The molecule has 0 atom stereocenters. The van der Waals surface area contributed by atoms with E-state index in [2.05, 4.69) is 51.4 Å². The minimum atomic E-state index is -0.505. The normalized spacial score (nSPS) is 11.1. The molecule has 3 rings (SSSR count). The number of H-pyrrole nitrogens is 1. The molecule has 2 aromatic carbocycles. The lowest BCUT2D eigenvalue weighted by atomic mass is 10.1. The Morgan fingerprint density at radius 1 is 1.06 bits per heavy atom. The molecule has 0 amide bonds. The lowest BCUT2D eigenvalue weighted by Gasteiger charge is -2.22. The number of nitrogens with one attached hydrogen (secondary N) is 2. The quantitative estimate of drug-likeness (QED) is 0.290. The second kappa shape index (κ2) is 13.1. The van der Waals surface area contributed by atoms with E-state index in [9.17, 15) is 10.1 Å². The Morgan fingerprint density at radius 3 is 2.35 bits per heavy atom. The van der Waals surface area contributed by atoms with E-state index >= 15 is 0 Å². The molecule has 0 aliphatic carbocycles. The summed E-state index contributed by atoms with van der Waals surface area (Å²) < 4.78 is 0. The Labute approximate surface area is 201 Å². The van der Waals surface area contributed by atoms with Crippen LogP contribution in [0.5, 0.6) is 0 Å². The number of nitriles is 1. The van der Waals surface area contributed by atoms with Crippen molar-refractivity contribution in [2.75, 3.05) is 18.5 Å². The van der Waals surface area contributed by atoms with Crippen LogP contribution in [-0.4, -0.2) is 34.2 Å². The molecule has 0 aliphatic heterocycles. The van der Waals surface area contributed by atoms with Crippen molar-refractivity contribution in [1.29, 1.82) is 5.26 Å². The Hall–Kier alpha value is -3.76. The second-order valence-corrected chi connectivity index (χ2v) is 8.21. The van der Waals surface area contributed by atoms with Crippen LogP contribution >= 0.6 is 0 Å². The number of aromatic nitrogens is 2. The van der Waals surface area contributed by atoms with Crippen LogP contribution in [0.1, 0.15) is 56.2 Å². The Kier molecular flexibility index (Phi) is 9.56. The topological polar surface area (TPSA) is 97.2 Å². The summed E-state index contributed by atoms with van der Waals surface area (Å²) in [6.07, 6.45) is 6.53. The molecule has 2 N–H and O–H groups in total. The molecule has 0 saturated heterocycles. The van der Waals surface area contributed by atoms with Crippen LogP contribution in [0.15, 0.2) is 64.5 Å². The highest BCUT2D eigenvalue weighted by molar-refractivity contribution is 5.80. The van der Waals surface area contributed by atoms with Crippen LogP contribution in [0.3, 0.4) is 0 Å². The highest BCUT2D eigenvalue weighted by atomic mass is 16.1. The summed E-state index contributed by atoms with van der Waals surface area (Å²) in [6, 6.07) is 19.4. The van der Waals surface area contributed by atoms with Gasteiger partial charge in [0.05, 0.1) is 11.9 Å². The van der Waals surface area contributed by atoms with Crippen LogP contribution in [0.4, 0.5) is 5.95 Å². The molecule has 7 nitrogen and oxygen atoms in total. The molecule has 0 spiro atoms. The first kappa shape index (κ1) is 24.9. The monoisotopic (exact) mass is 456 g/mol. The third-order valence-electron chi connectivity index (χ3n) is 5.50. The summed E-state index contributed by atoms with van der Waals surface area (Å²) in [4.78, 5) is 21.8. The van der Waals surface area contributed by atoms with Crippen molar-refractivity contribution in [3.05, 3.63) is 81.6 Å². The number of hydrogen-bond acceptors (Lipinski definition) is 6. The molecular weight excluding hydrogens is 424 g/mol. The molecule has 0 radical (unpaired) electrons. The molecule has 7 heteroatoms. The maximum atomic E-state index is 12.3. The molecule has 176 valence electrons. The molecular formula is C27H32N6O. The van der Waals surface area contributed by atoms with Gasteiger partial charge in [0.25, 0.3) is 5.56 Å². The van der Waals surface area contributed by atoms with Gasteiger partial charge in [-0.05, 0) is 37.1 Å². The largest absolute Gasteiger partial charge is 0.299 e. The van der Waals surface area contributed by atoms with E-state index in [-0.39, 0.29) is 11.5 Å². The fourth-order valence-electron chi connectivity index (χ4n) is 3.60. The van der Waals surface area contributed by atoms with Gasteiger partial charge < -0.3 is 0 Å². The molecule has 0 unspecified atom stereocenters. The lowest BCUT2D eigenvalue weighted by Crippen LogP contribution is -2.25. The predicted molar refractivity (Wildman–Crippen MR) is 138 cm³/mol. The van der Waals surface area contributed by atoms with Crippen LogP contribution < -0.4 is 11.0 Å². The minimum Gasteiger partial charge on any atom is -0.299 e. The molecule has 0 aliphatic rings. The number of hydrogen-bond donors (Lipinski definition) is 2. The van der Waals surface area contributed by atoms with E-state index in [0.717, 1.165) is 25.2 Å². The fraction of sp³-hybridized carbons (Fsp3) is 0.333. The SMILES string of the molecule is CCCCN(CCCC)Cc1ccc(C=NNc2nc(-c3ccccc3)c(C#N)c(=O)[nH]2)cc1. The number of benzene rings is 2. The van der Waals surface area contributed by atoms with Gasteiger partial charge >= 0.3 is 0 Å². The first-order valence-corrected chi connectivity index (χ1v) is 11.8. The van der Waals surface area contributed by atoms with Crippen molar-refractivity contribution in [1.82, 2.24) is 14.9 Å². The van der Waals surface area contributed by atoms with Crippen LogP contribution in [0.25, 0.3) is 11.3 Å². The number of rotatable bonds is 12. The predicted octanol–water partition coefficient (Wildman–Crippen LogP) is 5.16. The lowest BCUT2D eigenvalue weighted by molar-refractivity contribution is 0.257. The molecule has 34 heavy (non-hydrogen) atoms. The van der Waals surface area contributed by atoms with Crippen molar-refractivity contribution in [2.24, 2.45) is 5.10 Å². The van der Waals surface area contributed by atoms with Crippen LogP contribution in [-0.2, 0) is 6.54 Å². The maximum absolute atomic E-state index is 12.3. The van der Waals surface area contributed by atoms with Crippen molar-refractivity contribution in [3.8, 4) is 17.3 Å². The summed E-state index contributed by atoms with van der Waals surface area (Å²) >= 11 is 0. The molecule has 0 fully saturated rings. The summed E-state index contributed by atoms with van der Waals surface area (Å²) in [5.74, 6) is 0.179. The molecule has 1 heterocycles. The average molecular weight is 457 g/mol.